The molecular formula is C10H13F2NO2. The SMILES string of the molecule is Cc1c[nH]c(C)c1C(CC(=O)O)C(F)F. The summed E-state index contributed by atoms with van der Waals surface area (Å²) in [5.74, 6) is -2.44. The van der Waals surface area contributed by atoms with Crippen molar-refractivity contribution in [3.05, 3.63) is 23.0 Å². The summed E-state index contributed by atoms with van der Waals surface area (Å²) in [6.07, 6.45) is -1.59. The third kappa shape index (κ3) is 2.55. The summed E-state index contributed by atoms with van der Waals surface area (Å²) in [6.45, 7) is 3.36. The zero-order valence-electron chi connectivity index (χ0n) is 8.55. The highest BCUT2D eigenvalue weighted by Crippen LogP contribution is 2.31. The Balaban J connectivity index is 3.04. The summed E-state index contributed by atoms with van der Waals surface area (Å²) in [7, 11) is 0. The summed E-state index contributed by atoms with van der Waals surface area (Å²) >= 11 is 0. The van der Waals surface area contributed by atoms with E-state index in [9.17, 15) is 13.6 Å². The van der Waals surface area contributed by atoms with Gasteiger partial charge in [-0.25, -0.2) is 8.78 Å². The lowest BCUT2D eigenvalue weighted by molar-refractivity contribution is -0.138. The van der Waals surface area contributed by atoms with Crippen LogP contribution < -0.4 is 0 Å². The minimum atomic E-state index is -2.66. The Bertz CT molecular complexity index is 341. The molecule has 0 fully saturated rings. The number of aliphatic carboxylic acids is 1. The number of hydrogen-bond donors (Lipinski definition) is 2. The number of aromatic nitrogens is 1. The Morgan fingerprint density at radius 3 is 2.47 bits per heavy atom. The molecule has 0 aromatic carbocycles. The largest absolute Gasteiger partial charge is 0.481 e. The lowest BCUT2D eigenvalue weighted by Gasteiger charge is -2.15. The van der Waals surface area contributed by atoms with Crippen molar-refractivity contribution in [2.24, 2.45) is 0 Å². The van der Waals surface area contributed by atoms with Crippen molar-refractivity contribution in [2.75, 3.05) is 0 Å². The van der Waals surface area contributed by atoms with E-state index in [1.165, 1.54) is 0 Å². The van der Waals surface area contributed by atoms with Crippen molar-refractivity contribution in [2.45, 2.75) is 32.6 Å². The molecule has 0 aliphatic rings. The zero-order chi connectivity index (χ0) is 11.6. The maximum absolute atomic E-state index is 12.7. The third-order valence-corrected chi connectivity index (χ3v) is 2.40. The molecular weight excluding hydrogens is 204 g/mol. The quantitative estimate of drug-likeness (QED) is 0.813. The van der Waals surface area contributed by atoms with Crippen LogP contribution in [-0.2, 0) is 4.79 Å². The van der Waals surface area contributed by atoms with E-state index in [4.69, 9.17) is 5.11 Å². The van der Waals surface area contributed by atoms with Crippen molar-refractivity contribution in [3.8, 4) is 0 Å². The molecule has 1 unspecified atom stereocenters. The van der Waals surface area contributed by atoms with Crippen LogP contribution in [0.3, 0.4) is 0 Å². The van der Waals surface area contributed by atoms with Gasteiger partial charge < -0.3 is 10.1 Å². The van der Waals surface area contributed by atoms with E-state index < -0.39 is 24.7 Å². The molecule has 5 heteroatoms. The monoisotopic (exact) mass is 217 g/mol. The number of aromatic amines is 1. The van der Waals surface area contributed by atoms with E-state index in [-0.39, 0.29) is 0 Å². The lowest BCUT2D eigenvalue weighted by atomic mass is 9.93. The smallest absolute Gasteiger partial charge is 0.304 e. The maximum atomic E-state index is 12.7. The molecule has 1 aromatic rings. The van der Waals surface area contributed by atoms with Crippen LogP contribution in [-0.4, -0.2) is 22.5 Å². The molecule has 0 saturated carbocycles. The van der Waals surface area contributed by atoms with Crippen LogP contribution in [0.1, 0.15) is 29.2 Å². The average Bonchev–Trinajstić information content (AvgIpc) is 2.42. The van der Waals surface area contributed by atoms with Crippen LogP contribution in [0.15, 0.2) is 6.20 Å². The first-order valence-electron chi connectivity index (χ1n) is 4.58. The van der Waals surface area contributed by atoms with Crippen molar-refractivity contribution < 1.29 is 18.7 Å². The zero-order valence-corrected chi connectivity index (χ0v) is 8.55. The highest BCUT2D eigenvalue weighted by atomic mass is 19.3. The molecule has 0 amide bonds. The summed E-state index contributed by atoms with van der Waals surface area (Å²) in [6, 6.07) is 0. The first-order chi connectivity index (χ1) is 6.93. The summed E-state index contributed by atoms with van der Waals surface area (Å²) < 4.78 is 25.4. The minimum absolute atomic E-state index is 0.424. The van der Waals surface area contributed by atoms with Gasteiger partial charge in [0.25, 0.3) is 0 Å². The fourth-order valence-electron chi connectivity index (χ4n) is 1.74. The van der Waals surface area contributed by atoms with E-state index in [1.807, 2.05) is 0 Å². The van der Waals surface area contributed by atoms with E-state index in [0.29, 0.717) is 16.8 Å². The summed E-state index contributed by atoms with van der Waals surface area (Å²) in [5, 5.41) is 8.57. The summed E-state index contributed by atoms with van der Waals surface area (Å²) in [4.78, 5) is 13.3. The summed E-state index contributed by atoms with van der Waals surface area (Å²) in [5.41, 5.74) is 1.71. The fraction of sp³-hybridized carbons (Fsp3) is 0.500. The molecule has 0 aliphatic heterocycles. The van der Waals surface area contributed by atoms with Crippen LogP contribution in [0.5, 0.6) is 0 Å². The Hall–Kier alpha value is -1.39. The molecule has 0 saturated heterocycles. The Labute approximate surface area is 86.1 Å². The second-order valence-corrected chi connectivity index (χ2v) is 3.55. The number of carbonyl (C=O) groups is 1. The Morgan fingerprint density at radius 2 is 2.13 bits per heavy atom. The fourth-order valence-corrected chi connectivity index (χ4v) is 1.74. The van der Waals surface area contributed by atoms with Crippen LogP contribution >= 0.6 is 0 Å². The minimum Gasteiger partial charge on any atom is -0.481 e. The van der Waals surface area contributed by atoms with Gasteiger partial charge in [0.2, 0.25) is 6.43 Å². The van der Waals surface area contributed by atoms with Crippen LogP contribution in [0.4, 0.5) is 8.78 Å². The Kier molecular flexibility index (Phi) is 3.44. The predicted molar refractivity (Wildman–Crippen MR) is 51.3 cm³/mol. The van der Waals surface area contributed by atoms with Crippen molar-refractivity contribution in [1.29, 1.82) is 0 Å². The predicted octanol–water partition coefficient (Wildman–Crippen LogP) is 2.45. The van der Waals surface area contributed by atoms with Gasteiger partial charge in [-0.1, -0.05) is 0 Å². The molecule has 2 N–H and O–H groups in total. The van der Waals surface area contributed by atoms with Crippen LogP contribution in [0.2, 0.25) is 0 Å². The second-order valence-electron chi connectivity index (χ2n) is 3.55. The molecule has 1 atom stereocenters. The third-order valence-electron chi connectivity index (χ3n) is 2.40. The van der Waals surface area contributed by atoms with Crippen molar-refractivity contribution in [3.63, 3.8) is 0 Å². The van der Waals surface area contributed by atoms with E-state index in [1.54, 1.807) is 20.0 Å². The van der Waals surface area contributed by atoms with Gasteiger partial charge in [-0.05, 0) is 25.0 Å². The number of hydrogen-bond acceptors (Lipinski definition) is 1. The van der Waals surface area contributed by atoms with Gasteiger partial charge in [-0.3, -0.25) is 4.79 Å². The molecule has 1 heterocycles. The van der Waals surface area contributed by atoms with Gasteiger partial charge in [0.1, 0.15) is 0 Å². The average molecular weight is 217 g/mol. The number of halogens is 2. The lowest BCUT2D eigenvalue weighted by Crippen LogP contribution is -2.15. The first-order valence-corrected chi connectivity index (χ1v) is 4.58. The first kappa shape index (κ1) is 11.7. The standard InChI is InChI=1S/C10H13F2NO2/c1-5-4-13-6(2)9(5)7(10(11)12)3-8(14)15/h4,7,10,13H,3H2,1-2H3,(H,14,15). The molecule has 0 spiro atoms. The van der Waals surface area contributed by atoms with E-state index >= 15 is 0 Å². The van der Waals surface area contributed by atoms with E-state index in [2.05, 4.69) is 4.98 Å². The Morgan fingerprint density at radius 1 is 1.53 bits per heavy atom. The normalized spacial score (nSPS) is 13.1. The molecule has 1 aromatic heterocycles. The van der Waals surface area contributed by atoms with Gasteiger partial charge in [0.15, 0.2) is 0 Å². The molecule has 0 radical (unpaired) electrons. The number of aryl methyl sites for hydroxylation is 2. The molecule has 3 nitrogen and oxygen atoms in total. The highest BCUT2D eigenvalue weighted by Gasteiger charge is 2.28. The van der Waals surface area contributed by atoms with Gasteiger partial charge in [0, 0.05) is 11.9 Å². The number of carboxylic acid groups (broad SMARTS) is 1. The number of carboxylic acids is 1. The highest BCUT2D eigenvalue weighted by molar-refractivity contribution is 5.68. The number of nitrogens with one attached hydrogen (secondary N) is 1. The van der Waals surface area contributed by atoms with Crippen LogP contribution in [0, 0.1) is 13.8 Å². The van der Waals surface area contributed by atoms with Gasteiger partial charge >= 0.3 is 5.97 Å². The molecule has 0 aliphatic carbocycles. The number of alkyl halides is 2. The molecule has 84 valence electrons. The molecule has 1 rings (SSSR count). The van der Waals surface area contributed by atoms with Crippen LogP contribution in [0.25, 0.3) is 0 Å². The maximum Gasteiger partial charge on any atom is 0.304 e. The molecule has 0 bridgehead atoms. The van der Waals surface area contributed by atoms with E-state index in [0.717, 1.165) is 0 Å². The number of H-pyrrole nitrogens is 1. The van der Waals surface area contributed by atoms with Crippen molar-refractivity contribution in [1.82, 2.24) is 4.98 Å². The van der Waals surface area contributed by atoms with Crippen molar-refractivity contribution >= 4 is 5.97 Å². The molecule has 15 heavy (non-hydrogen) atoms. The van der Waals surface area contributed by atoms with Gasteiger partial charge in [0.05, 0.1) is 12.3 Å². The number of rotatable bonds is 4. The topological polar surface area (TPSA) is 53.1 Å². The van der Waals surface area contributed by atoms with Gasteiger partial charge in [-0.2, -0.15) is 0 Å². The van der Waals surface area contributed by atoms with Gasteiger partial charge in [-0.15, -0.1) is 0 Å². The second kappa shape index (κ2) is 4.42.